The molecule has 2 aromatic rings. The number of benzene rings is 1. The van der Waals surface area contributed by atoms with E-state index in [0.29, 0.717) is 19.0 Å². The topological polar surface area (TPSA) is 104 Å². The van der Waals surface area contributed by atoms with Crippen LogP contribution in [-0.2, 0) is 14.8 Å². The Morgan fingerprint density at radius 3 is 2.41 bits per heavy atom. The summed E-state index contributed by atoms with van der Waals surface area (Å²) in [5, 5.41) is 10.8. The van der Waals surface area contributed by atoms with Gasteiger partial charge in [-0.2, -0.15) is 4.31 Å². The second-order valence-electron chi connectivity index (χ2n) is 6.28. The third-order valence-electron chi connectivity index (χ3n) is 4.52. The number of carbonyl (C=O) groups excluding carboxylic acids is 1. The number of hydrogen-bond donors (Lipinski definition) is 2. The predicted octanol–water partition coefficient (Wildman–Crippen LogP) is 2.13. The van der Waals surface area contributed by atoms with E-state index in [0.717, 1.165) is 24.2 Å². The average Bonchev–Trinajstić information content (AvgIpc) is 3.18. The first-order valence-electron chi connectivity index (χ1n) is 8.53. The Balaban J connectivity index is 1.65. The number of carboxylic acid groups (broad SMARTS) is 1. The van der Waals surface area contributed by atoms with Gasteiger partial charge in [0.15, 0.2) is 0 Å². The van der Waals surface area contributed by atoms with Gasteiger partial charge in [-0.1, -0.05) is 30.3 Å². The molecule has 0 aliphatic carbocycles. The van der Waals surface area contributed by atoms with E-state index in [9.17, 15) is 18.0 Å². The second kappa shape index (κ2) is 8.20. The van der Waals surface area contributed by atoms with Crippen LogP contribution in [0.4, 0.5) is 0 Å². The highest BCUT2D eigenvalue weighted by Gasteiger charge is 2.31. The van der Waals surface area contributed by atoms with E-state index in [1.165, 1.54) is 22.0 Å². The highest BCUT2D eigenvalue weighted by Crippen LogP contribution is 2.32. The molecule has 9 heteroatoms. The zero-order valence-corrected chi connectivity index (χ0v) is 16.1. The molecule has 1 aliphatic heterocycles. The van der Waals surface area contributed by atoms with Crippen LogP contribution in [0.15, 0.2) is 46.7 Å². The highest BCUT2D eigenvalue weighted by atomic mass is 32.2. The summed E-state index contributed by atoms with van der Waals surface area (Å²) in [7, 11) is -3.66. The molecule has 1 saturated heterocycles. The van der Waals surface area contributed by atoms with Gasteiger partial charge in [-0.3, -0.25) is 9.59 Å². The minimum atomic E-state index is -3.66. The van der Waals surface area contributed by atoms with Gasteiger partial charge in [-0.15, -0.1) is 11.3 Å². The van der Waals surface area contributed by atoms with E-state index >= 15 is 0 Å². The van der Waals surface area contributed by atoms with Gasteiger partial charge < -0.3 is 10.4 Å². The van der Waals surface area contributed by atoms with Crippen LogP contribution in [0.2, 0.25) is 0 Å². The quantitative estimate of drug-likeness (QED) is 0.762. The van der Waals surface area contributed by atoms with Gasteiger partial charge in [-0.05, 0) is 36.5 Å². The second-order valence-corrected chi connectivity index (χ2v) is 9.53. The smallest absolute Gasteiger partial charge is 0.322 e. The lowest BCUT2D eigenvalue weighted by Gasteiger charge is -2.31. The number of carbonyl (C=O) groups is 2. The Bertz CT molecular complexity index is 916. The van der Waals surface area contributed by atoms with E-state index in [2.05, 4.69) is 17.4 Å². The van der Waals surface area contributed by atoms with Crippen molar-refractivity contribution in [2.75, 3.05) is 19.6 Å². The van der Waals surface area contributed by atoms with Crippen LogP contribution in [0, 0.1) is 0 Å². The van der Waals surface area contributed by atoms with E-state index in [4.69, 9.17) is 5.11 Å². The number of piperidine rings is 1. The van der Waals surface area contributed by atoms with Crippen LogP contribution < -0.4 is 5.32 Å². The SMILES string of the molecule is O=C(O)CNC(=O)c1ccc(S(=O)(=O)N2CCC(c3ccccc3)CC2)s1. The van der Waals surface area contributed by atoms with Crippen molar-refractivity contribution in [1.82, 2.24) is 9.62 Å². The molecule has 2 heterocycles. The zero-order valence-electron chi connectivity index (χ0n) is 14.5. The first-order chi connectivity index (χ1) is 12.9. The molecular weight excluding hydrogens is 388 g/mol. The lowest BCUT2D eigenvalue weighted by Crippen LogP contribution is -2.37. The Labute approximate surface area is 161 Å². The van der Waals surface area contributed by atoms with Gasteiger partial charge in [0.25, 0.3) is 15.9 Å². The first-order valence-corrected chi connectivity index (χ1v) is 10.8. The molecule has 27 heavy (non-hydrogen) atoms. The summed E-state index contributed by atoms with van der Waals surface area (Å²) in [6.07, 6.45) is 1.50. The molecule has 0 radical (unpaired) electrons. The number of nitrogens with one attached hydrogen (secondary N) is 1. The zero-order chi connectivity index (χ0) is 19.4. The average molecular weight is 409 g/mol. The first kappa shape index (κ1) is 19.5. The Morgan fingerprint density at radius 1 is 1.11 bits per heavy atom. The molecule has 1 aromatic carbocycles. The Morgan fingerprint density at radius 2 is 1.78 bits per heavy atom. The van der Waals surface area contributed by atoms with E-state index < -0.39 is 28.4 Å². The fourth-order valence-electron chi connectivity index (χ4n) is 3.11. The van der Waals surface area contributed by atoms with E-state index in [1.54, 1.807) is 0 Å². The molecule has 0 saturated carbocycles. The van der Waals surface area contributed by atoms with Crippen molar-refractivity contribution >= 4 is 33.2 Å². The maximum absolute atomic E-state index is 12.8. The van der Waals surface area contributed by atoms with Crippen molar-refractivity contribution < 1.29 is 23.1 Å². The fraction of sp³-hybridized carbons (Fsp3) is 0.333. The van der Waals surface area contributed by atoms with E-state index in [1.807, 2.05) is 18.2 Å². The fourth-order valence-corrected chi connectivity index (χ4v) is 5.95. The number of rotatable bonds is 6. The van der Waals surface area contributed by atoms with Crippen molar-refractivity contribution in [2.45, 2.75) is 23.0 Å². The van der Waals surface area contributed by atoms with Gasteiger partial charge in [0.1, 0.15) is 10.8 Å². The third-order valence-corrected chi connectivity index (χ3v) is 7.97. The number of hydrogen-bond acceptors (Lipinski definition) is 5. The maximum atomic E-state index is 12.8. The summed E-state index contributed by atoms with van der Waals surface area (Å²) in [6, 6.07) is 12.9. The van der Waals surface area contributed by atoms with Crippen molar-refractivity contribution in [3.05, 3.63) is 52.9 Å². The molecule has 144 valence electrons. The molecule has 0 bridgehead atoms. The van der Waals surface area contributed by atoms with Gasteiger partial charge in [-0.25, -0.2) is 8.42 Å². The molecule has 1 aliphatic rings. The number of aliphatic carboxylic acids is 1. The number of carboxylic acids is 1. The largest absolute Gasteiger partial charge is 0.480 e. The summed E-state index contributed by atoms with van der Waals surface area (Å²) in [5.41, 5.74) is 1.23. The van der Waals surface area contributed by atoms with Gasteiger partial charge in [0.2, 0.25) is 0 Å². The van der Waals surface area contributed by atoms with Crippen molar-refractivity contribution in [3.8, 4) is 0 Å². The van der Waals surface area contributed by atoms with Crippen LogP contribution in [0.25, 0.3) is 0 Å². The molecule has 2 N–H and O–H groups in total. The molecule has 1 amide bonds. The van der Waals surface area contributed by atoms with Crippen LogP contribution >= 0.6 is 11.3 Å². The monoisotopic (exact) mass is 408 g/mol. The lowest BCUT2D eigenvalue weighted by atomic mass is 9.90. The van der Waals surface area contributed by atoms with Gasteiger partial charge in [0.05, 0.1) is 4.88 Å². The minimum absolute atomic E-state index is 0.0983. The number of amides is 1. The van der Waals surface area contributed by atoms with Gasteiger partial charge in [0, 0.05) is 13.1 Å². The third kappa shape index (κ3) is 4.55. The van der Waals surface area contributed by atoms with Crippen LogP contribution in [0.5, 0.6) is 0 Å². The van der Waals surface area contributed by atoms with Crippen molar-refractivity contribution in [3.63, 3.8) is 0 Å². The maximum Gasteiger partial charge on any atom is 0.322 e. The van der Waals surface area contributed by atoms with Crippen molar-refractivity contribution in [1.29, 1.82) is 0 Å². The minimum Gasteiger partial charge on any atom is -0.480 e. The Hall–Kier alpha value is -2.23. The number of thiophene rings is 1. The number of sulfonamides is 1. The molecule has 1 aromatic heterocycles. The summed E-state index contributed by atoms with van der Waals surface area (Å²) in [6.45, 7) is 0.354. The summed E-state index contributed by atoms with van der Waals surface area (Å²) >= 11 is 0.856. The van der Waals surface area contributed by atoms with E-state index in [-0.39, 0.29) is 9.09 Å². The summed E-state index contributed by atoms with van der Waals surface area (Å²) < 4.78 is 27.2. The Kier molecular flexibility index (Phi) is 5.93. The molecule has 7 nitrogen and oxygen atoms in total. The molecular formula is C18H20N2O5S2. The van der Waals surface area contributed by atoms with Gasteiger partial charge >= 0.3 is 5.97 Å². The molecule has 3 rings (SSSR count). The van der Waals surface area contributed by atoms with Crippen LogP contribution in [0.1, 0.15) is 34.0 Å². The lowest BCUT2D eigenvalue weighted by molar-refractivity contribution is -0.135. The molecule has 0 spiro atoms. The molecule has 0 atom stereocenters. The standard InChI is InChI=1S/C18H20N2O5S2/c21-16(22)12-19-18(23)15-6-7-17(26-15)27(24,25)20-10-8-14(9-11-20)13-4-2-1-3-5-13/h1-7,14H,8-12H2,(H,19,23)(H,21,22). The molecule has 1 fully saturated rings. The highest BCUT2D eigenvalue weighted by molar-refractivity contribution is 7.91. The van der Waals surface area contributed by atoms with Crippen LogP contribution in [-0.4, -0.2) is 49.3 Å². The summed E-state index contributed by atoms with van der Waals surface area (Å²) in [4.78, 5) is 22.6. The van der Waals surface area contributed by atoms with Crippen molar-refractivity contribution in [2.24, 2.45) is 0 Å². The predicted molar refractivity (Wildman–Crippen MR) is 101 cm³/mol. The normalized spacial score (nSPS) is 16.1. The van der Waals surface area contributed by atoms with Crippen LogP contribution in [0.3, 0.4) is 0 Å². The molecule has 0 unspecified atom stereocenters. The number of nitrogens with zero attached hydrogens (tertiary/aromatic N) is 1. The summed E-state index contributed by atoms with van der Waals surface area (Å²) in [5.74, 6) is -1.40.